The number of carboxylic acid groups (broad SMARTS) is 1. The van der Waals surface area contributed by atoms with Crippen LogP contribution in [0.25, 0.3) is 0 Å². The number of halogens is 2. The van der Waals surface area contributed by atoms with E-state index in [0.717, 1.165) is 0 Å². The summed E-state index contributed by atoms with van der Waals surface area (Å²) in [6.45, 7) is -0.0918. The van der Waals surface area contributed by atoms with Crippen LogP contribution in [0, 0.1) is 5.82 Å². The summed E-state index contributed by atoms with van der Waals surface area (Å²) in [5, 5.41) is 8.76. The number of aromatic carboxylic acids is 1. The van der Waals surface area contributed by atoms with Crippen LogP contribution in [-0.2, 0) is 0 Å². The predicted molar refractivity (Wildman–Crippen MR) is 47.2 cm³/mol. The number of rotatable bonds is 1. The fraction of sp³-hybridized carbons (Fsp3) is 0.125. The Bertz CT molecular complexity index is 418. The normalized spacial score (nSPS) is 13.0. The molecule has 1 aromatic rings. The van der Waals surface area contributed by atoms with Gasteiger partial charge in [-0.1, -0.05) is 0 Å². The second-order valence-corrected chi connectivity index (χ2v) is 3.44. The van der Waals surface area contributed by atoms with E-state index in [1.54, 1.807) is 0 Å². The number of hydrogen-bond donors (Lipinski definition) is 1. The lowest BCUT2D eigenvalue weighted by Gasteiger charge is -2.04. The Morgan fingerprint density at radius 3 is 2.93 bits per heavy atom. The van der Waals surface area contributed by atoms with Crippen LogP contribution in [0.1, 0.15) is 10.4 Å². The summed E-state index contributed by atoms with van der Waals surface area (Å²) < 4.78 is 23.2. The highest BCUT2D eigenvalue weighted by molar-refractivity contribution is 9.10. The Kier molecular flexibility index (Phi) is 2.07. The van der Waals surface area contributed by atoms with Crippen molar-refractivity contribution in [3.8, 4) is 11.5 Å². The van der Waals surface area contributed by atoms with E-state index in [9.17, 15) is 9.18 Å². The first-order chi connectivity index (χ1) is 6.61. The molecule has 2 rings (SSSR count). The van der Waals surface area contributed by atoms with Gasteiger partial charge in [-0.2, -0.15) is 0 Å². The third-order valence-corrected chi connectivity index (χ3v) is 2.35. The third kappa shape index (κ3) is 1.22. The first kappa shape index (κ1) is 9.26. The first-order valence-electron chi connectivity index (χ1n) is 3.62. The Morgan fingerprint density at radius 1 is 1.57 bits per heavy atom. The molecule has 0 saturated carbocycles. The van der Waals surface area contributed by atoms with Gasteiger partial charge in [-0.25, -0.2) is 9.18 Å². The summed E-state index contributed by atoms with van der Waals surface area (Å²) in [5.41, 5.74) is -0.508. The maximum absolute atomic E-state index is 13.3. The van der Waals surface area contributed by atoms with Crippen LogP contribution in [0.4, 0.5) is 4.39 Å². The van der Waals surface area contributed by atoms with Crippen LogP contribution >= 0.6 is 15.9 Å². The van der Waals surface area contributed by atoms with Gasteiger partial charge in [0.2, 0.25) is 6.79 Å². The highest BCUT2D eigenvalue weighted by Gasteiger charge is 2.28. The van der Waals surface area contributed by atoms with Crippen molar-refractivity contribution in [2.45, 2.75) is 0 Å². The number of fused-ring (bicyclic) bond motifs is 1. The second kappa shape index (κ2) is 3.13. The molecule has 0 saturated heterocycles. The standard InChI is InChI=1S/C8H4BrFO4/c9-3-1-4-7(14-2-13-4)5(6(3)10)8(11)12/h1H,2H2,(H,11,12). The van der Waals surface area contributed by atoms with Crippen molar-refractivity contribution in [2.24, 2.45) is 0 Å². The average Bonchev–Trinajstić information content (AvgIpc) is 2.52. The van der Waals surface area contributed by atoms with Crippen LogP contribution in [0.3, 0.4) is 0 Å². The van der Waals surface area contributed by atoms with Crippen LogP contribution in [0.5, 0.6) is 11.5 Å². The van der Waals surface area contributed by atoms with Crippen LogP contribution in [0.2, 0.25) is 0 Å². The molecule has 1 N–H and O–H groups in total. The molecule has 0 aromatic heterocycles. The summed E-state index contributed by atoms with van der Waals surface area (Å²) in [5.74, 6) is -2.07. The van der Waals surface area contributed by atoms with Gasteiger partial charge in [-0.05, 0) is 15.9 Å². The number of carboxylic acids is 1. The van der Waals surface area contributed by atoms with Crippen LogP contribution in [0.15, 0.2) is 10.5 Å². The molecule has 1 aliphatic heterocycles. The summed E-state index contributed by atoms with van der Waals surface area (Å²) in [6, 6.07) is 1.34. The lowest BCUT2D eigenvalue weighted by atomic mass is 10.2. The number of hydrogen-bond acceptors (Lipinski definition) is 3. The smallest absolute Gasteiger partial charge is 0.342 e. The minimum Gasteiger partial charge on any atom is -0.477 e. The maximum Gasteiger partial charge on any atom is 0.342 e. The molecule has 0 amide bonds. The van der Waals surface area contributed by atoms with Crippen LogP contribution < -0.4 is 9.47 Å². The largest absolute Gasteiger partial charge is 0.477 e. The summed E-state index contributed by atoms with van der Waals surface area (Å²) >= 11 is 2.89. The van der Waals surface area contributed by atoms with E-state index in [4.69, 9.17) is 14.6 Å². The predicted octanol–water partition coefficient (Wildman–Crippen LogP) is 2.02. The average molecular weight is 263 g/mol. The Labute approximate surface area is 86.4 Å². The van der Waals surface area contributed by atoms with Crippen molar-refractivity contribution in [1.82, 2.24) is 0 Å². The summed E-state index contributed by atoms with van der Waals surface area (Å²) in [7, 11) is 0. The van der Waals surface area contributed by atoms with E-state index >= 15 is 0 Å². The summed E-state index contributed by atoms with van der Waals surface area (Å²) in [6.07, 6.45) is 0. The van der Waals surface area contributed by atoms with Gasteiger partial charge in [0.25, 0.3) is 0 Å². The molecule has 4 nitrogen and oxygen atoms in total. The Hall–Kier alpha value is -1.30. The van der Waals surface area contributed by atoms with E-state index < -0.39 is 17.3 Å². The van der Waals surface area contributed by atoms with Gasteiger partial charge in [0.05, 0.1) is 4.47 Å². The minimum absolute atomic E-state index is 0.0409. The van der Waals surface area contributed by atoms with E-state index in [2.05, 4.69) is 15.9 Å². The van der Waals surface area contributed by atoms with Gasteiger partial charge in [-0.15, -0.1) is 0 Å². The van der Waals surface area contributed by atoms with E-state index in [1.165, 1.54) is 6.07 Å². The van der Waals surface area contributed by atoms with Crippen molar-refractivity contribution in [3.05, 3.63) is 21.9 Å². The van der Waals surface area contributed by atoms with E-state index in [1.807, 2.05) is 0 Å². The molecule has 0 radical (unpaired) electrons. The van der Waals surface area contributed by atoms with Crippen LogP contribution in [-0.4, -0.2) is 17.9 Å². The van der Waals surface area contributed by atoms with Crippen molar-refractivity contribution in [2.75, 3.05) is 6.79 Å². The molecule has 0 fully saturated rings. The Balaban J connectivity index is 2.72. The lowest BCUT2D eigenvalue weighted by Crippen LogP contribution is -2.03. The number of ether oxygens (including phenoxy) is 2. The molecular formula is C8H4BrFO4. The quantitative estimate of drug-likeness (QED) is 0.842. The van der Waals surface area contributed by atoms with Crippen molar-refractivity contribution in [1.29, 1.82) is 0 Å². The zero-order chi connectivity index (χ0) is 10.3. The molecule has 1 heterocycles. The molecule has 0 aliphatic carbocycles. The van der Waals surface area contributed by atoms with Gasteiger partial charge in [-0.3, -0.25) is 0 Å². The monoisotopic (exact) mass is 262 g/mol. The van der Waals surface area contributed by atoms with Gasteiger partial charge in [0.15, 0.2) is 17.3 Å². The highest BCUT2D eigenvalue weighted by atomic mass is 79.9. The van der Waals surface area contributed by atoms with Gasteiger partial charge < -0.3 is 14.6 Å². The molecule has 0 atom stereocenters. The molecule has 0 unspecified atom stereocenters. The maximum atomic E-state index is 13.3. The highest BCUT2D eigenvalue weighted by Crippen LogP contribution is 2.40. The topological polar surface area (TPSA) is 55.8 Å². The van der Waals surface area contributed by atoms with E-state index in [0.29, 0.717) is 0 Å². The molecule has 1 aliphatic rings. The number of carbonyl (C=O) groups is 1. The second-order valence-electron chi connectivity index (χ2n) is 2.59. The molecule has 14 heavy (non-hydrogen) atoms. The van der Waals surface area contributed by atoms with Crippen molar-refractivity contribution >= 4 is 21.9 Å². The summed E-state index contributed by atoms with van der Waals surface area (Å²) in [4.78, 5) is 10.7. The van der Waals surface area contributed by atoms with E-state index in [-0.39, 0.29) is 22.8 Å². The molecule has 74 valence electrons. The first-order valence-corrected chi connectivity index (χ1v) is 4.41. The fourth-order valence-electron chi connectivity index (χ4n) is 1.18. The SMILES string of the molecule is O=C(O)c1c(F)c(Br)cc2c1OCO2. The number of benzene rings is 1. The van der Waals surface area contributed by atoms with Gasteiger partial charge in [0, 0.05) is 6.07 Å². The molecule has 1 aromatic carbocycles. The lowest BCUT2D eigenvalue weighted by molar-refractivity contribution is 0.0686. The van der Waals surface area contributed by atoms with Gasteiger partial charge >= 0.3 is 5.97 Å². The molecule has 6 heteroatoms. The molecular weight excluding hydrogens is 259 g/mol. The van der Waals surface area contributed by atoms with Crippen molar-refractivity contribution < 1.29 is 23.8 Å². The Morgan fingerprint density at radius 2 is 2.29 bits per heavy atom. The fourth-order valence-corrected chi connectivity index (χ4v) is 1.59. The van der Waals surface area contributed by atoms with Gasteiger partial charge in [0.1, 0.15) is 5.56 Å². The molecule has 0 spiro atoms. The van der Waals surface area contributed by atoms with Crippen molar-refractivity contribution in [3.63, 3.8) is 0 Å². The zero-order valence-electron chi connectivity index (χ0n) is 6.71. The zero-order valence-corrected chi connectivity index (χ0v) is 8.30. The molecule has 0 bridgehead atoms. The minimum atomic E-state index is -1.38. The third-order valence-electron chi connectivity index (χ3n) is 1.77.